The molecule has 1 aliphatic heterocycles. The number of halogens is 1. The second kappa shape index (κ2) is 9.60. The number of amidine groups is 1. The summed E-state index contributed by atoms with van der Waals surface area (Å²) in [5.74, 6) is 0.891. The van der Waals surface area contributed by atoms with Crippen LogP contribution in [0, 0.1) is 0 Å². The molecular weight excluding hydrogens is 458 g/mol. The Hall–Kier alpha value is -2.07. The van der Waals surface area contributed by atoms with Gasteiger partial charge >= 0.3 is 0 Å². The van der Waals surface area contributed by atoms with Crippen molar-refractivity contribution in [1.29, 1.82) is 0 Å². The maximum absolute atomic E-state index is 13.4. The van der Waals surface area contributed by atoms with Crippen LogP contribution in [-0.4, -0.2) is 61.2 Å². The lowest BCUT2D eigenvalue weighted by molar-refractivity contribution is 0.0828. The average molecular weight is 482 g/mol. The van der Waals surface area contributed by atoms with Crippen LogP contribution in [-0.2, 0) is 10.0 Å². The third-order valence-corrected chi connectivity index (χ3v) is 7.98. The summed E-state index contributed by atoms with van der Waals surface area (Å²) in [5, 5.41) is 0.697. The molecule has 0 aromatic heterocycles. The van der Waals surface area contributed by atoms with Crippen molar-refractivity contribution in [3.63, 3.8) is 0 Å². The molecule has 10 heteroatoms. The molecule has 1 amide bonds. The van der Waals surface area contributed by atoms with Crippen molar-refractivity contribution in [2.24, 2.45) is 4.99 Å². The summed E-state index contributed by atoms with van der Waals surface area (Å²) in [6, 6.07) is 11.4. The lowest BCUT2D eigenvalue weighted by Gasteiger charge is -2.22. The summed E-state index contributed by atoms with van der Waals surface area (Å²) in [7, 11) is -0.837. The number of aliphatic imine (C=N–C) groups is 1. The number of ether oxygens (including phenoxy) is 1. The molecule has 31 heavy (non-hydrogen) atoms. The predicted molar refractivity (Wildman–Crippen MR) is 125 cm³/mol. The Morgan fingerprint density at radius 1 is 1.29 bits per heavy atom. The van der Waals surface area contributed by atoms with Gasteiger partial charge in [-0.2, -0.15) is 0 Å². The summed E-state index contributed by atoms with van der Waals surface area (Å²) in [6.45, 7) is 4.30. The number of nitrogens with zero attached hydrogens (tertiary/aromatic N) is 3. The zero-order chi connectivity index (χ0) is 22.8. The third kappa shape index (κ3) is 4.90. The predicted octanol–water partition coefficient (Wildman–Crippen LogP) is 4.25. The molecule has 3 rings (SSSR count). The Morgan fingerprint density at radius 3 is 2.68 bits per heavy atom. The Kier molecular flexibility index (Phi) is 7.31. The Balaban J connectivity index is 2.02. The highest BCUT2D eigenvalue weighted by atomic mass is 35.5. The molecule has 1 atom stereocenters. The first-order chi connectivity index (χ1) is 14.7. The van der Waals surface area contributed by atoms with Crippen molar-refractivity contribution in [3.8, 4) is 5.75 Å². The molecule has 166 valence electrons. The number of amides is 1. The highest BCUT2D eigenvalue weighted by Crippen LogP contribution is 2.34. The van der Waals surface area contributed by atoms with Crippen LogP contribution in [0.1, 0.15) is 24.2 Å². The molecular formula is C21H24ClN3O4S2. The summed E-state index contributed by atoms with van der Waals surface area (Å²) >= 11 is 7.75. The molecule has 0 aliphatic carbocycles. The van der Waals surface area contributed by atoms with E-state index in [-0.39, 0.29) is 21.5 Å². The number of hydrogen-bond donors (Lipinski definition) is 0. The van der Waals surface area contributed by atoms with Gasteiger partial charge in [0.2, 0.25) is 10.0 Å². The molecule has 7 nitrogen and oxygen atoms in total. The molecule has 1 fully saturated rings. The van der Waals surface area contributed by atoms with Gasteiger partial charge in [0.25, 0.3) is 5.91 Å². The number of rotatable bonds is 6. The van der Waals surface area contributed by atoms with Crippen molar-refractivity contribution < 1.29 is 17.9 Å². The van der Waals surface area contributed by atoms with Crippen LogP contribution in [0.15, 0.2) is 52.4 Å². The Labute approximate surface area is 192 Å². The third-order valence-electron chi connectivity index (χ3n) is 4.65. The number of sulfonamides is 1. The number of carbonyl (C=O) groups excluding carboxylic acids is 1. The van der Waals surface area contributed by atoms with Crippen molar-refractivity contribution >= 4 is 50.1 Å². The summed E-state index contributed by atoms with van der Waals surface area (Å²) in [6.07, 6.45) is 0. The van der Waals surface area contributed by atoms with Gasteiger partial charge in [0.15, 0.2) is 5.17 Å². The zero-order valence-corrected chi connectivity index (χ0v) is 20.1. The van der Waals surface area contributed by atoms with E-state index in [2.05, 4.69) is 4.99 Å². The highest BCUT2D eigenvalue weighted by molar-refractivity contribution is 8.14. The normalized spacial score (nSPS) is 18.1. The Morgan fingerprint density at radius 2 is 2.00 bits per heavy atom. The molecule has 0 radical (unpaired) electrons. The maximum atomic E-state index is 13.4. The topological polar surface area (TPSA) is 79.3 Å². The largest absolute Gasteiger partial charge is 0.492 e. The van der Waals surface area contributed by atoms with Crippen LogP contribution < -0.4 is 4.74 Å². The van der Waals surface area contributed by atoms with Gasteiger partial charge in [0.1, 0.15) is 11.4 Å². The van der Waals surface area contributed by atoms with Gasteiger partial charge in [-0.15, -0.1) is 0 Å². The highest BCUT2D eigenvalue weighted by Gasteiger charge is 2.34. The van der Waals surface area contributed by atoms with E-state index in [1.165, 1.54) is 44.1 Å². The SMILES string of the molecule is CCOc1ccccc1N=C1SCC(C)N1C(=O)c1cc(S(=O)(=O)N(C)C)ccc1Cl. The molecule has 0 spiro atoms. The van der Waals surface area contributed by atoms with Crippen molar-refractivity contribution in [1.82, 2.24) is 9.21 Å². The van der Waals surface area contributed by atoms with Gasteiger partial charge < -0.3 is 4.74 Å². The van der Waals surface area contributed by atoms with E-state index in [0.29, 0.717) is 29.0 Å². The molecule has 1 aliphatic rings. The lowest BCUT2D eigenvalue weighted by Crippen LogP contribution is -2.38. The molecule has 1 heterocycles. The van der Waals surface area contributed by atoms with E-state index < -0.39 is 15.9 Å². The van der Waals surface area contributed by atoms with Gasteiger partial charge in [-0.25, -0.2) is 17.7 Å². The van der Waals surface area contributed by atoms with Gasteiger partial charge in [-0.3, -0.25) is 9.69 Å². The summed E-state index contributed by atoms with van der Waals surface area (Å²) in [4.78, 5) is 19.7. The first-order valence-electron chi connectivity index (χ1n) is 9.65. The summed E-state index contributed by atoms with van der Waals surface area (Å²) in [5.41, 5.74) is 0.735. The number of para-hydroxylation sites is 2. The average Bonchev–Trinajstić information content (AvgIpc) is 3.09. The van der Waals surface area contributed by atoms with E-state index >= 15 is 0 Å². The zero-order valence-electron chi connectivity index (χ0n) is 17.7. The maximum Gasteiger partial charge on any atom is 0.261 e. The first kappa shape index (κ1) is 23.6. The molecule has 2 aromatic rings. The van der Waals surface area contributed by atoms with E-state index in [0.717, 1.165) is 4.31 Å². The first-order valence-corrected chi connectivity index (χ1v) is 12.5. The van der Waals surface area contributed by atoms with Crippen molar-refractivity contribution in [3.05, 3.63) is 53.1 Å². The molecule has 2 aromatic carbocycles. The van der Waals surface area contributed by atoms with Crippen molar-refractivity contribution in [2.75, 3.05) is 26.5 Å². The molecule has 0 saturated carbocycles. The van der Waals surface area contributed by atoms with Crippen LogP contribution in [0.4, 0.5) is 5.69 Å². The lowest BCUT2D eigenvalue weighted by atomic mass is 10.2. The minimum absolute atomic E-state index is 0.00457. The molecule has 0 bridgehead atoms. The van der Waals surface area contributed by atoms with E-state index in [4.69, 9.17) is 16.3 Å². The quantitative estimate of drug-likeness (QED) is 0.616. The monoisotopic (exact) mass is 481 g/mol. The van der Waals surface area contributed by atoms with Crippen LogP contribution >= 0.6 is 23.4 Å². The van der Waals surface area contributed by atoms with Crippen LogP contribution in [0.5, 0.6) is 5.75 Å². The summed E-state index contributed by atoms with van der Waals surface area (Å²) < 4.78 is 31.8. The molecule has 0 N–H and O–H groups in total. The minimum atomic E-state index is -3.71. The fourth-order valence-electron chi connectivity index (χ4n) is 3.00. The smallest absolute Gasteiger partial charge is 0.261 e. The van der Waals surface area contributed by atoms with Crippen LogP contribution in [0.3, 0.4) is 0 Å². The van der Waals surface area contributed by atoms with Crippen LogP contribution in [0.25, 0.3) is 0 Å². The van der Waals surface area contributed by atoms with Gasteiger partial charge in [0.05, 0.1) is 22.1 Å². The van der Waals surface area contributed by atoms with Gasteiger partial charge in [0, 0.05) is 25.9 Å². The fourth-order valence-corrected chi connectivity index (χ4v) is 5.23. The van der Waals surface area contributed by atoms with Crippen molar-refractivity contribution in [2.45, 2.75) is 24.8 Å². The number of thioether (sulfide) groups is 1. The Bertz CT molecular complexity index is 1120. The fraction of sp³-hybridized carbons (Fsp3) is 0.333. The number of benzene rings is 2. The van der Waals surface area contributed by atoms with Gasteiger partial charge in [-0.05, 0) is 44.2 Å². The van der Waals surface area contributed by atoms with E-state index in [9.17, 15) is 13.2 Å². The molecule has 1 saturated heterocycles. The van der Waals surface area contributed by atoms with E-state index in [1.54, 1.807) is 4.90 Å². The van der Waals surface area contributed by atoms with Gasteiger partial charge in [-0.1, -0.05) is 35.5 Å². The number of hydrogen-bond acceptors (Lipinski definition) is 6. The second-order valence-electron chi connectivity index (χ2n) is 7.06. The second-order valence-corrected chi connectivity index (χ2v) is 10.6. The van der Waals surface area contributed by atoms with E-state index in [1.807, 2.05) is 38.1 Å². The standard InChI is InChI=1S/C21H24ClN3O4S2/c1-5-29-19-9-7-6-8-18(19)23-21-25(14(2)13-30-21)20(26)16-12-15(10-11-17(16)22)31(27,28)24(3)4/h6-12,14H,5,13H2,1-4H3. The molecule has 1 unspecified atom stereocenters. The number of carbonyl (C=O) groups is 1. The minimum Gasteiger partial charge on any atom is -0.492 e. The van der Waals surface area contributed by atoms with Crippen LogP contribution in [0.2, 0.25) is 5.02 Å².